The zero-order chi connectivity index (χ0) is 18.8. The summed E-state index contributed by atoms with van der Waals surface area (Å²) in [4.78, 5) is 8.76. The molecule has 0 saturated carbocycles. The zero-order valence-corrected chi connectivity index (χ0v) is 15.9. The van der Waals surface area contributed by atoms with Crippen molar-refractivity contribution in [3.05, 3.63) is 71.6 Å². The molecular formula is C21H19ClN4O. The van der Waals surface area contributed by atoms with Crippen molar-refractivity contribution in [3.8, 4) is 11.5 Å². The molecule has 27 heavy (non-hydrogen) atoms. The van der Waals surface area contributed by atoms with Gasteiger partial charge in [-0.25, -0.2) is 9.97 Å². The lowest BCUT2D eigenvalue weighted by Gasteiger charge is -2.13. The average Bonchev–Trinajstić information content (AvgIpc) is 3.08. The number of rotatable bonds is 5. The van der Waals surface area contributed by atoms with Crippen LogP contribution in [0, 0.1) is 6.92 Å². The van der Waals surface area contributed by atoms with Crippen LogP contribution >= 0.6 is 11.6 Å². The lowest BCUT2D eigenvalue weighted by molar-refractivity contribution is 0.479. The molecule has 0 unspecified atom stereocenters. The highest BCUT2D eigenvalue weighted by Crippen LogP contribution is 2.30. The first-order valence-electron chi connectivity index (χ1n) is 8.75. The number of nitrogens with zero attached hydrogens (tertiary/aromatic N) is 3. The summed E-state index contributed by atoms with van der Waals surface area (Å²) in [6.45, 7) is 4.97. The van der Waals surface area contributed by atoms with Crippen molar-refractivity contribution >= 4 is 34.1 Å². The van der Waals surface area contributed by atoms with Crippen molar-refractivity contribution in [1.29, 1.82) is 0 Å². The monoisotopic (exact) mass is 378 g/mol. The van der Waals surface area contributed by atoms with E-state index in [1.54, 1.807) is 12.4 Å². The molecule has 6 heteroatoms. The molecule has 2 aromatic heterocycles. The van der Waals surface area contributed by atoms with Gasteiger partial charge in [-0.05, 0) is 61.9 Å². The van der Waals surface area contributed by atoms with Gasteiger partial charge in [0.05, 0.1) is 5.52 Å². The molecule has 4 rings (SSSR count). The minimum absolute atomic E-state index is 0.648. The van der Waals surface area contributed by atoms with Crippen molar-refractivity contribution in [1.82, 2.24) is 14.5 Å². The van der Waals surface area contributed by atoms with Crippen LogP contribution in [0.3, 0.4) is 0 Å². The summed E-state index contributed by atoms with van der Waals surface area (Å²) in [6, 6.07) is 15.3. The third kappa shape index (κ3) is 3.59. The van der Waals surface area contributed by atoms with Gasteiger partial charge in [-0.2, -0.15) is 0 Å². The first-order valence-corrected chi connectivity index (χ1v) is 9.13. The number of hydrogen-bond donors (Lipinski definition) is 1. The van der Waals surface area contributed by atoms with E-state index >= 15 is 0 Å². The molecule has 2 aromatic carbocycles. The highest BCUT2D eigenvalue weighted by Gasteiger charge is 2.10. The summed E-state index contributed by atoms with van der Waals surface area (Å²) in [5.74, 6) is 2.28. The van der Waals surface area contributed by atoms with Gasteiger partial charge in [-0.3, -0.25) is 0 Å². The molecule has 5 nitrogen and oxygen atoms in total. The third-order valence-corrected chi connectivity index (χ3v) is 4.59. The van der Waals surface area contributed by atoms with Crippen molar-refractivity contribution < 1.29 is 4.74 Å². The van der Waals surface area contributed by atoms with Gasteiger partial charge in [0.1, 0.15) is 23.3 Å². The molecule has 0 spiro atoms. The maximum absolute atomic E-state index is 6.03. The number of ether oxygens (including phenoxy) is 1. The standard InChI is InChI=1S/C21H19ClN4O/c1-3-26-10-9-18-20(26)21(24-13-23-18)25-16-7-8-19(14(2)11-16)27-17-6-4-5-15(22)12-17/h4-13H,3H2,1-2H3,(H,23,24,25). The fourth-order valence-corrected chi connectivity index (χ4v) is 3.20. The lowest BCUT2D eigenvalue weighted by Crippen LogP contribution is -2.00. The Morgan fingerprint density at radius 2 is 2.00 bits per heavy atom. The van der Waals surface area contributed by atoms with E-state index in [9.17, 15) is 0 Å². The number of aromatic nitrogens is 3. The van der Waals surface area contributed by atoms with Gasteiger partial charge in [-0.1, -0.05) is 17.7 Å². The van der Waals surface area contributed by atoms with Gasteiger partial charge >= 0.3 is 0 Å². The molecule has 0 aliphatic heterocycles. The maximum atomic E-state index is 6.03. The molecule has 136 valence electrons. The minimum atomic E-state index is 0.648. The molecule has 0 saturated heterocycles. The van der Waals surface area contributed by atoms with Crippen molar-refractivity contribution in [2.45, 2.75) is 20.4 Å². The molecular weight excluding hydrogens is 360 g/mol. The van der Waals surface area contributed by atoms with Gasteiger partial charge in [-0.15, -0.1) is 0 Å². The molecule has 0 atom stereocenters. The normalized spacial score (nSPS) is 10.9. The number of anilines is 2. The SMILES string of the molecule is CCn1ccc2ncnc(Nc3ccc(Oc4cccc(Cl)c4)c(C)c3)c21. The van der Waals surface area contributed by atoms with Crippen LogP contribution in [0.1, 0.15) is 12.5 Å². The molecule has 0 aliphatic rings. The molecule has 0 amide bonds. The second-order valence-corrected chi connectivity index (χ2v) is 6.66. The Kier molecular flexibility index (Phi) is 4.69. The average molecular weight is 379 g/mol. The zero-order valence-electron chi connectivity index (χ0n) is 15.1. The molecule has 1 N–H and O–H groups in total. The summed E-state index contributed by atoms with van der Waals surface area (Å²) in [7, 11) is 0. The predicted molar refractivity (Wildman–Crippen MR) is 109 cm³/mol. The Labute approximate surface area is 162 Å². The van der Waals surface area contributed by atoms with Gasteiger partial charge in [0.25, 0.3) is 0 Å². The Bertz CT molecular complexity index is 1110. The second kappa shape index (κ2) is 7.29. The van der Waals surface area contributed by atoms with Gasteiger partial charge < -0.3 is 14.6 Å². The van der Waals surface area contributed by atoms with E-state index in [1.807, 2.05) is 55.6 Å². The molecule has 0 radical (unpaired) electrons. The number of nitrogens with one attached hydrogen (secondary N) is 1. The minimum Gasteiger partial charge on any atom is -0.457 e. The van der Waals surface area contributed by atoms with Crippen LogP contribution in [-0.4, -0.2) is 14.5 Å². The summed E-state index contributed by atoms with van der Waals surface area (Å²) >= 11 is 6.03. The van der Waals surface area contributed by atoms with Gasteiger partial charge in [0.15, 0.2) is 5.82 Å². The molecule has 0 bridgehead atoms. The molecule has 4 aromatic rings. The van der Waals surface area contributed by atoms with E-state index in [0.717, 1.165) is 40.4 Å². The fourth-order valence-electron chi connectivity index (χ4n) is 3.02. The van der Waals surface area contributed by atoms with E-state index in [2.05, 4.69) is 26.8 Å². The van der Waals surface area contributed by atoms with Crippen LogP contribution in [0.4, 0.5) is 11.5 Å². The highest BCUT2D eigenvalue weighted by molar-refractivity contribution is 6.30. The number of aryl methyl sites for hydroxylation is 2. The van der Waals surface area contributed by atoms with Crippen LogP contribution in [0.2, 0.25) is 5.02 Å². The van der Waals surface area contributed by atoms with E-state index in [-0.39, 0.29) is 0 Å². The number of hydrogen-bond acceptors (Lipinski definition) is 4. The van der Waals surface area contributed by atoms with Crippen LogP contribution in [-0.2, 0) is 6.54 Å². The summed E-state index contributed by atoms with van der Waals surface area (Å²) in [5, 5.41) is 4.05. The Morgan fingerprint density at radius 1 is 1.11 bits per heavy atom. The summed E-state index contributed by atoms with van der Waals surface area (Å²) in [6.07, 6.45) is 3.60. The summed E-state index contributed by atoms with van der Waals surface area (Å²) in [5.41, 5.74) is 3.87. The second-order valence-electron chi connectivity index (χ2n) is 6.22. The van der Waals surface area contributed by atoms with E-state index in [1.165, 1.54) is 0 Å². The topological polar surface area (TPSA) is 52.0 Å². The van der Waals surface area contributed by atoms with Crippen LogP contribution < -0.4 is 10.1 Å². The van der Waals surface area contributed by atoms with Crippen LogP contribution in [0.15, 0.2) is 61.1 Å². The van der Waals surface area contributed by atoms with Crippen LogP contribution in [0.5, 0.6) is 11.5 Å². The van der Waals surface area contributed by atoms with Crippen molar-refractivity contribution in [2.24, 2.45) is 0 Å². The van der Waals surface area contributed by atoms with E-state index in [4.69, 9.17) is 16.3 Å². The first kappa shape index (κ1) is 17.4. The predicted octanol–water partition coefficient (Wildman–Crippen LogP) is 5.95. The van der Waals surface area contributed by atoms with Crippen molar-refractivity contribution in [3.63, 3.8) is 0 Å². The Balaban J connectivity index is 1.61. The third-order valence-electron chi connectivity index (χ3n) is 4.35. The highest BCUT2D eigenvalue weighted by atomic mass is 35.5. The lowest BCUT2D eigenvalue weighted by atomic mass is 10.2. The molecule has 0 aliphatic carbocycles. The maximum Gasteiger partial charge on any atom is 0.158 e. The van der Waals surface area contributed by atoms with E-state index in [0.29, 0.717) is 10.8 Å². The summed E-state index contributed by atoms with van der Waals surface area (Å²) < 4.78 is 8.07. The van der Waals surface area contributed by atoms with Gasteiger partial charge in [0, 0.05) is 23.5 Å². The fraction of sp³-hybridized carbons (Fsp3) is 0.143. The van der Waals surface area contributed by atoms with E-state index < -0.39 is 0 Å². The largest absolute Gasteiger partial charge is 0.457 e. The molecule has 2 heterocycles. The van der Waals surface area contributed by atoms with Crippen molar-refractivity contribution in [2.75, 3.05) is 5.32 Å². The number of fused-ring (bicyclic) bond motifs is 1. The quantitative estimate of drug-likeness (QED) is 0.466. The first-order chi connectivity index (χ1) is 13.1. The van der Waals surface area contributed by atoms with Crippen LogP contribution in [0.25, 0.3) is 11.0 Å². The smallest absolute Gasteiger partial charge is 0.158 e. The number of benzene rings is 2. The Morgan fingerprint density at radius 3 is 2.78 bits per heavy atom. The number of halogens is 1. The molecule has 0 fully saturated rings. The van der Waals surface area contributed by atoms with Gasteiger partial charge in [0.2, 0.25) is 0 Å². The Hall–Kier alpha value is -3.05.